The lowest BCUT2D eigenvalue weighted by molar-refractivity contribution is 0.771. The first kappa shape index (κ1) is 12.1. The third-order valence-electron chi connectivity index (χ3n) is 2.74. The predicted octanol–water partition coefficient (Wildman–Crippen LogP) is 3.13. The van der Waals surface area contributed by atoms with Gasteiger partial charge in [-0.05, 0) is 30.5 Å². The standard InChI is InChI=1S/C13H16ClN3/c1-3-11-7-12(4-2)17(16-11)13-6-5-10(8-14)9-15-13/h5-7,9H,3-4,8H2,1-2H3. The fourth-order valence-electron chi connectivity index (χ4n) is 1.72. The largest absolute Gasteiger partial charge is 0.237 e. The van der Waals surface area contributed by atoms with Crippen molar-refractivity contribution in [1.29, 1.82) is 0 Å². The second-order valence-electron chi connectivity index (χ2n) is 3.90. The molecule has 0 unspecified atom stereocenters. The van der Waals surface area contributed by atoms with Crippen LogP contribution in [0.4, 0.5) is 0 Å². The second-order valence-corrected chi connectivity index (χ2v) is 4.17. The Hall–Kier alpha value is -1.35. The zero-order chi connectivity index (χ0) is 12.3. The Labute approximate surface area is 106 Å². The van der Waals surface area contributed by atoms with Crippen LogP contribution in [-0.2, 0) is 18.7 Å². The van der Waals surface area contributed by atoms with Crippen molar-refractivity contribution < 1.29 is 0 Å². The lowest BCUT2D eigenvalue weighted by atomic mass is 10.2. The van der Waals surface area contributed by atoms with Gasteiger partial charge in [-0.3, -0.25) is 0 Å². The third-order valence-corrected chi connectivity index (χ3v) is 3.05. The molecule has 0 radical (unpaired) electrons. The average Bonchev–Trinajstić information content (AvgIpc) is 2.82. The summed E-state index contributed by atoms with van der Waals surface area (Å²) in [5, 5.41) is 4.55. The maximum atomic E-state index is 5.75. The molecule has 2 rings (SSSR count). The van der Waals surface area contributed by atoms with Crippen LogP contribution < -0.4 is 0 Å². The number of alkyl halides is 1. The normalized spacial score (nSPS) is 10.8. The topological polar surface area (TPSA) is 30.7 Å². The van der Waals surface area contributed by atoms with E-state index in [1.54, 1.807) is 6.20 Å². The van der Waals surface area contributed by atoms with Crippen LogP contribution in [-0.4, -0.2) is 14.8 Å². The van der Waals surface area contributed by atoms with Crippen LogP contribution in [0.1, 0.15) is 30.8 Å². The first-order valence-electron chi connectivity index (χ1n) is 5.87. The van der Waals surface area contributed by atoms with Crippen LogP contribution in [0.5, 0.6) is 0 Å². The van der Waals surface area contributed by atoms with E-state index in [4.69, 9.17) is 11.6 Å². The van der Waals surface area contributed by atoms with Crippen molar-refractivity contribution in [2.24, 2.45) is 0 Å². The van der Waals surface area contributed by atoms with Crippen molar-refractivity contribution in [2.75, 3.05) is 0 Å². The first-order chi connectivity index (χ1) is 8.28. The molecule has 17 heavy (non-hydrogen) atoms. The van der Waals surface area contributed by atoms with Gasteiger partial charge in [0.25, 0.3) is 0 Å². The SMILES string of the molecule is CCc1cc(CC)n(-c2ccc(CCl)cn2)n1. The van der Waals surface area contributed by atoms with Crippen LogP contribution in [0.3, 0.4) is 0 Å². The number of hydrogen-bond acceptors (Lipinski definition) is 2. The van der Waals surface area contributed by atoms with Gasteiger partial charge in [0.2, 0.25) is 0 Å². The predicted molar refractivity (Wildman–Crippen MR) is 69.7 cm³/mol. The highest BCUT2D eigenvalue weighted by atomic mass is 35.5. The van der Waals surface area contributed by atoms with Crippen LogP contribution in [0, 0.1) is 0 Å². The molecule has 0 aliphatic carbocycles. The van der Waals surface area contributed by atoms with Gasteiger partial charge in [-0.25, -0.2) is 9.67 Å². The second kappa shape index (κ2) is 5.32. The third kappa shape index (κ3) is 2.50. The smallest absolute Gasteiger partial charge is 0.153 e. The Bertz CT molecular complexity index is 488. The van der Waals surface area contributed by atoms with E-state index >= 15 is 0 Å². The molecule has 4 heteroatoms. The summed E-state index contributed by atoms with van der Waals surface area (Å²) in [6.45, 7) is 4.23. The maximum absolute atomic E-state index is 5.75. The molecular formula is C13H16ClN3. The molecule has 2 aromatic rings. The van der Waals surface area contributed by atoms with E-state index in [2.05, 4.69) is 30.0 Å². The Morgan fingerprint density at radius 1 is 1.24 bits per heavy atom. The van der Waals surface area contributed by atoms with Crippen molar-refractivity contribution in [2.45, 2.75) is 32.6 Å². The van der Waals surface area contributed by atoms with Crippen LogP contribution in [0.25, 0.3) is 5.82 Å². The molecule has 0 aromatic carbocycles. The minimum Gasteiger partial charge on any atom is -0.237 e. The first-order valence-corrected chi connectivity index (χ1v) is 6.41. The number of halogens is 1. The molecule has 0 fully saturated rings. The van der Waals surface area contributed by atoms with Gasteiger partial charge in [0.05, 0.1) is 5.69 Å². The highest BCUT2D eigenvalue weighted by Gasteiger charge is 2.07. The van der Waals surface area contributed by atoms with Crippen LogP contribution in [0.15, 0.2) is 24.4 Å². The molecular weight excluding hydrogens is 234 g/mol. The van der Waals surface area contributed by atoms with Gasteiger partial charge in [0.1, 0.15) is 0 Å². The molecule has 0 N–H and O–H groups in total. The molecule has 0 atom stereocenters. The van der Waals surface area contributed by atoms with E-state index in [1.807, 2.05) is 16.8 Å². The molecule has 2 heterocycles. The quantitative estimate of drug-likeness (QED) is 0.780. The van der Waals surface area contributed by atoms with E-state index in [0.717, 1.165) is 29.9 Å². The van der Waals surface area contributed by atoms with Crippen molar-refractivity contribution in [1.82, 2.24) is 14.8 Å². The molecule has 3 nitrogen and oxygen atoms in total. The Kier molecular flexibility index (Phi) is 3.79. The van der Waals surface area contributed by atoms with Crippen molar-refractivity contribution in [3.05, 3.63) is 41.3 Å². The van der Waals surface area contributed by atoms with Gasteiger partial charge in [0, 0.05) is 17.8 Å². The Morgan fingerprint density at radius 3 is 2.59 bits per heavy atom. The molecule has 0 amide bonds. The molecule has 0 bridgehead atoms. The average molecular weight is 250 g/mol. The fourth-order valence-corrected chi connectivity index (χ4v) is 1.88. The van der Waals surface area contributed by atoms with Gasteiger partial charge < -0.3 is 0 Å². The number of nitrogens with zero attached hydrogens (tertiary/aromatic N) is 3. The number of pyridine rings is 1. The summed E-state index contributed by atoms with van der Waals surface area (Å²) >= 11 is 5.75. The fraction of sp³-hybridized carbons (Fsp3) is 0.385. The Morgan fingerprint density at radius 2 is 2.06 bits per heavy atom. The number of aromatic nitrogens is 3. The van der Waals surface area contributed by atoms with Crippen molar-refractivity contribution in [3.63, 3.8) is 0 Å². The molecule has 0 aliphatic rings. The number of aryl methyl sites for hydroxylation is 2. The van der Waals surface area contributed by atoms with Gasteiger partial charge in [-0.15, -0.1) is 11.6 Å². The summed E-state index contributed by atoms with van der Waals surface area (Å²) in [5.41, 5.74) is 3.31. The molecule has 0 aliphatic heterocycles. The lowest BCUT2D eigenvalue weighted by Gasteiger charge is -2.05. The summed E-state index contributed by atoms with van der Waals surface area (Å²) in [4.78, 5) is 4.39. The van der Waals surface area contributed by atoms with Gasteiger partial charge in [0.15, 0.2) is 5.82 Å². The van der Waals surface area contributed by atoms with E-state index in [1.165, 1.54) is 5.69 Å². The minimum absolute atomic E-state index is 0.493. The highest BCUT2D eigenvalue weighted by molar-refractivity contribution is 6.17. The van der Waals surface area contributed by atoms with Gasteiger partial charge in [-0.1, -0.05) is 19.9 Å². The highest BCUT2D eigenvalue weighted by Crippen LogP contribution is 2.13. The molecule has 0 saturated heterocycles. The van der Waals surface area contributed by atoms with E-state index < -0.39 is 0 Å². The van der Waals surface area contributed by atoms with E-state index in [0.29, 0.717) is 5.88 Å². The monoisotopic (exact) mass is 249 g/mol. The summed E-state index contributed by atoms with van der Waals surface area (Å²) in [5.74, 6) is 1.35. The lowest BCUT2D eigenvalue weighted by Crippen LogP contribution is -2.04. The summed E-state index contributed by atoms with van der Waals surface area (Å²) in [7, 11) is 0. The number of rotatable bonds is 4. The molecule has 0 saturated carbocycles. The van der Waals surface area contributed by atoms with Crippen molar-refractivity contribution in [3.8, 4) is 5.82 Å². The Balaban J connectivity index is 2.40. The van der Waals surface area contributed by atoms with Crippen LogP contribution in [0.2, 0.25) is 0 Å². The minimum atomic E-state index is 0.493. The van der Waals surface area contributed by atoms with E-state index in [9.17, 15) is 0 Å². The summed E-state index contributed by atoms with van der Waals surface area (Å²) in [6, 6.07) is 6.09. The zero-order valence-corrected chi connectivity index (χ0v) is 10.9. The molecule has 2 aromatic heterocycles. The molecule has 0 spiro atoms. The van der Waals surface area contributed by atoms with Crippen molar-refractivity contribution >= 4 is 11.6 Å². The maximum Gasteiger partial charge on any atom is 0.153 e. The molecule has 90 valence electrons. The van der Waals surface area contributed by atoms with E-state index in [-0.39, 0.29) is 0 Å². The summed E-state index contributed by atoms with van der Waals surface area (Å²) in [6.07, 6.45) is 3.70. The summed E-state index contributed by atoms with van der Waals surface area (Å²) < 4.78 is 1.91. The van der Waals surface area contributed by atoms with Gasteiger partial charge in [-0.2, -0.15) is 5.10 Å². The zero-order valence-electron chi connectivity index (χ0n) is 10.2. The van der Waals surface area contributed by atoms with Crippen LogP contribution >= 0.6 is 11.6 Å². The van der Waals surface area contributed by atoms with Gasteiger partial charge >= 0.3 is 0 Å². The number of hydrogen-bond donors (Lipinski definition) is 0.